The summed E-state index contributed by atoms with van der Waals surface area (Å²) in [6.07, 6.45) is 4.55. The van der Waals surface area contributed by atoms with Gasteiger partial charge in [0.2, 0.25) is 0 Å². The van der Waals surface area contributed by atoms with Gasteiger partial charge in [-0.1, -0.05) is 0 Å². The van der Waals surface area contributed by atoms with Gasteiger partial charge in [-0.05, 0) is 0 Å². The van der Waals surface area contributed by atoms with Crippen molar-refractivity contribution in [2.24, 2.45) is 0 Å². The third kappa shape index (κ3) is 1.20. The molecule has 15 heavy (non-hydrogen) atoms. The summed E-state index contributed by atoms with van der Waals surface area (Å²) in [4.78, 5) is 7.84. The Morgan fingerprint density at radius 3 is 1.93 bits per heavy atom. The van der Waals surface area contributed by atoms with Crippen LogP contribution in [-0.4, -0.2) is 18.4 Å². The van der Waals surface area contributed by atoms with Crippen LogP contribution in [0.25, 0.3) is 0 Å². The van der Waals surface area contributed by atoms with Crippen molar-refractivity contribution in [3.8, 4) is 0 Å². The van der Waals surface area contributed by atoms with Crippen LogP contribution >= 0.6 is 0 Å². The zero-order chi connectivity index (χ0) is 10.7. The summed E-state index contributed by atoms with van der Waals surface area (Å²) in [5.41, 5.74) is 2.24. The fourth-order valence-corrected chi connectivity index (χ4v) is 11.1. The van der Waals surface area contributed by atoms with E-state index in [9.17, 15) is 0 Å². The molecule has 0 saturated heterocycles. The number of benzene rings is 1. The molecule has 0 aliphatic heterocycles. The fourth-order valence-electron chi connectivity index (χ4n) is 3.68. The Bertz CT molecular complexity index is 366. The summed E-state index contributed by atoms with van der Waals surface area (Å²) in [6.45, 7) is 0. The molecule has 1 heteroatoms. The van der Waals surface area contributed by atoms with E-state index in [-0.39, 0.29) is 0 Å². The quantitative estimate of drug-likeness (QED) is 0.718. The first-order valence-electron chi connectivity index (χ1n) is 6.03. The maximum absolute atomic E-state index is 2.61. The van der Waals surface area contributed by atoms with Gasteiger partial charge in [0, 0.05) is 0 Å². The molecule has 3 aliphatic carbocycles. The summed E-state index contributed by atoms with van der Waals surface area (Å²) in [5, 5.41) is 0. The first-order chi connectivity index (χ1) is 6.98. The summed E-state index contributed by atoms with van der Waals surface area (Å²) < 4.78 is 0.879. The predicted molar refractivity (Wildman–Crippen MR) is 68.0 cm³/mol. The first kappa shape index (κ1) is 10.2. The molecule has 0 nitrogen and oxygen atoms in total. The Balaban J connectivity index is 1.82. The molecule has 3 saturated carbocycles. The molecule has 1 aromatic rings. The van der Waals surface area contributed by atoms with Crippen molar-refractivity contribution in [1.29, 1.82) is 0 Å². The molecule has 3 fully saturated rings. The molecule has 0 N–H and O–H groups in total. The first-order valence-corrected chi connectivity index (χ1v) is 16.0. The van der Waals surface area contributed by atoms with Crippen LogP contribution in [0.15, 0.2) is 30.3 Å². The Hall–Kier alpha value is 0.0187. The average molecular weight is 307 g/mol. The van der Waals surface area contributed by atoms with E-state index in [1.54, 1.807) is 5.56 Å². The second kappa shape index (κ2) is 2.82. The van der Waals surface area contributed by atoms with Crippen molar-refractivity contribution in [3.05, 3.63) is 35.9 Å². The molecular formula is C14H20Sn. The molecule has 0 radical (unpaired) electrons. The standard InChI is InChI=1S/C11H11.3CH3.Sn/c1-2-4-10(5-3-1)11-6-9(7-11)8-11;;;;/h1-5H,6-8H2;3*1H3;. The zero-order valence-corrected chi connectivity index (χ0v) is 12.9. The van der Waals surface area contributed by atoms with Gasteiger partial charge >= 0.3 is 97.2 Å². The third-order valence-corrected chi connectivity index (χ3v) is 15.6. The van der Waals surface area contributed by atoms with Crippen LogP contribution in [0.3, 0.4) is 0 Å². The number of hydrogen-bond acceptors (Lipinski definition) is 0. The third-order valence-electron chi connectivity index (χ3n) is 5.01. The van der Waals surface area contributed by atoms with Gasteiger partial charge in [-0.2, -0.15) is 0 Å². The average Bonchev–Trinajstić information content (AvgIpc) is 1.98. The fraction of sp³-hybridized carbons (Fsp3) is 0.571. The van der Waals surface area contributed by atoms with E-state index in [0.29, 0.717) is 5.41 Å². The van der Waals surface area contributed by atoms with Crippen molar-refractivity contribution >= 4 is 18.4 Å². The molecule has 4 rings (SSSR count). The molecule has 0 unspecified atom stereocenters. The molecule has 0 aromatic heterocycles. The van der Waals surface area contributed by atoms with Crippen LogP contribution in [0.4, 0.5) is 0 Å². The van der Waals surface area contributed by atoms with Gasteiger partial charge in [-0.25, -0.2) is 0 Å². The summed E-state index contributed by atoms with van der Waals surface area (Å²) in [7, 11) is 0. The molecule has 3 aliphatic rings. The van der Waals surface area contributed by atoms with Crippen LogP contribution < -0.4 is 0 Å². The normalized spacial score (nSPS) is 38.1. The van der Waals surface area contributed by atoms with Crippen LogP contribution in [-0.2, 0) is 5.41 Å². The van der Waals surface area contributed by atoms with Gasteiger partial charge in [-0.3, -0.25) is 0 Å². The van der Waals surface area contributed by atoms with E-state index in [0.717, 1.165) is 3.43 Å². The van der Waals surface area contributed by atoms with Crippen LogP contribution in [0.1, 0.15) is 24.8 Å². The minimum absolute atomic E-state index is 0.630. The van der Waals surface area contributed by atoms with Crippen LogP contribution in [0.2, 0.25) is 18.2 Å². The second-order valence-electron chi connectivity index (χ2n) is 6.71. The Morgan fingerprint density at radius 1 is 0.933 bits per heavy atom. The van der Waals surface area contributed by atoms with Crippen molar-refractivity contribution in [1.82, 2.24) is 0 Å². The van der Waals surface area contributed by atoms with Gasteiger partial charge in [0.25, 0.3) is 0 Å². The van der Waals surface area contributed by atoms with Gasteiger partial charge < -0.3 is 0 Å². The summed E-state index contributed by atoms with van der Waals surface area (Å²) in [5.74, 6) is 0. The topological polar surface area (TPSA) is 0 Å². The van der Waals surface area contributed by atoms with E-state index in [1.165, 1.54) is 19.3 Å². The Labute approximate surface area is 97.0 Å². The minimum atomic E-state index is -1.64. The van der Waals surface area contributed by atoms with Crippen LogP contribution in [0.5, 0.6) is 0 Å². The van der Waals surface area contributed by atoms with E-state index >= 15 is 0 Å². The molecule has 0 atom stereocenters. The van der Waals surface area contributed by atoms with Gasteiger partial charge in [0.05, 0.1) is 0 Å². The van der Waals surface area contributed by atoms with Gasteiger partial charge in [0.1, 0.15) is 0 Å². The zero-order valence-electron chi connectivity index (χ0n) is 10.0. The van der Waals surface area contributed by atoms with E-state index < -0.39 is 18.4 Å². The number of hydrogen-bond donors (Lipinski definition) is 0. The Morgan fingerprint density at radius 2 is 1.47 bits per heavy atom. The second-order valence-corrected chi connectivity index (χ2v) is 22.6. The molecule has 80 valence electrons. The van der Waals surface area contributed by atoms with Gasteiger partial charge in [-0.15, -0.1) is 0 Å². The van der Waals surface area contributed by atoms with E-state index in [1.807, 2.05) is 0 Å². The molecule has 0 spiro atoms. The van der Waals surface area contributed by atoms with Gasteiger partial charge in [0.15, 0.2) is 0 Å². The van der Waals surface area contributed by atoms with Crippen LogP contribution in [0, 0.1) is 0 Å². The predicted octanol–water partition coefficient (Wildman–Crippen LogP) is 4.20. The SMILES string of the molecule is [CH3][Sn]([CH3])([CH3])[C]12CC(c3ccccc3)(C1)C2. The van der Waals surface area contributed by atoms with Crippen molar-refractivity contribution < 1.29 is 0 Å². The monoisotopic (exact) mass is 308 g/mol. The molecule has 1 aromatic carbocycles. The summed E-state index contributed by atoms with van der Waals surface area (Å²) in [6, 6.07) is 11.2. The molecule has 0 amide bonds. The Kier molecular flexibility index (Phi) is 1.92. The van der Waals surface area contributed by atoms with Crippen molar-refractivity contribution in [3.63, 3.8) is 0 Å². The molecule has 2 bridgehead atoms. The number of rotatable bonds is 2. The molecule has 0 heterocycles. The van der Waals surface area contributed by atoms with E-state index in [2.05, 4.69) is 45.2 Å². The molecular weight excluding hydrogens is 287 g/mol. The maximum atomic E-state index is 2.61. The van der Waals surface area contributed by atoms with Crippen molar-refractivity contribution in [2.45, 2.75) is 42.9 Å². The van der Waals surface area contributed by atoms with Crippen molar-refractivity contribution in [2.75, 3.05) is 0 Å². The van der Waals surface area contributed by atoms with E-state index in [4.69, 9.17) is 0 Å². The summed E-state index contributed by atoms with van der Waals surface area (Å²) >= 11 is -1.64.